The molecule has 0 aliphatic carbocycles. The third-order valence-electron chi connectivity index (χ3n) is 3.53. The van der Waals surface area contributed by atoms with Gasteiger partial charge >= 0.3 is 0 Å². The monoisotopic (exact) mass is 341 g/mol. The number of hydrogen-bond donors (Lipinski definition) is 2. The Hall–Kier alpha value is -1.27. The molecule has 20 heavy (non-hydrogen) atoms. The van der Waals surface area contributed by atoms with E-state index < -0.39 is 0 Å². The summed E-state index contributed by atoms with van der Waals surface area (Å²) < 4.78 is 6.65. The maximum Gasteiger partial charge on any atom is 0.172 e. The molecule has 2 rings (SSSR count). The number of hydrogen-bond acceptors (Lipinski definition) is 4. The second kappa shape index (κ2) is 6.95. The Bertz CT molecular complexity index is 485. The van der Waals surface area contributed by atoms with E-state index in [0.717, 1.165) is 48.3 Å². The summed E-state index contributed by atoms with van der Waals surface area (Å²) >= 11 is 3.48. The standard InChI is InChI=1S/C14H20BrN3O2/c1-2-20-11-5-7-18(8-6-11)13-9-10(15)3-4-12(13)14(16)17-19/h3-4,9,11,19H,2,5-8H2,1H3,(H2,16,17). The summed E-state index contributed by atoms with van der Waals surface area (Å²) in [6, 6.07) is 5.77. The number of piperidine rings is 1. The Labute approximate surface area is 127 Å². The first-order chi connectivity index (χ1) is 9.65. The molecule has 1 aromatic rings. The van der Waals surface area contributed by atoms with Crippen molar-refractivity contribution in [2.45, 2.75) is 25.9 Å². The minimum absolute atomic E-state index is 0.138. The fraction of sp³-hybridized carbons (Fsp3) is 0.500. The predicted molar refractivity (Wildman–Crippen MR) is 83.5 cm³/mol. The van der Waals surface area contributed by atoms with Gasteiger partial charge in [-0.2, -0.15) is 0 Å². The van der Waals surface area contributed by atoms with E-state index >= 15 is 0 Å². The molecule has 0 spiro atoms. The normalized spacial score (nSPS) is 17.5. The molecule has 1 saturated heterocycles. The van der Waals surface area contributed by atoms with E-state index in [0.29, 0.717) is 6.10 Å². The Morgan fingerprint density at radius 2 is 2.20 bits per heavy atom. The molecule has 0 saturated carbocycles. The fourth-order valence-corrected chi connectivity index (χ4v) is 2.88. The van der Waals surface area contributed by atoms with Gasteiger partial charge in [-0.05, 0) is 38.0 Å². The van der Waals surface area contributed by atoms with Crippen LogP contribution in [0.4, 0.5) is 5.69 Å². The highest BCUT2D eigenvalue weighted by Crippen LogP contribution is 2.28. The molecule has 0 aromatic heterocycles. The third-order valence-corrected chi connectivity index (χ3v) is 4.02. The number of rotatable bonds is 4. The van der Waals surface area contributed by atoms with Crippen LogP contribution in [0.15, 0.2) is 27.8 Å². The molecule has 1 aliphatic rings. The maximum atomic E-state index is 8.91. The highest BCUT2D eigenvalue weighted by Gasteiger charge is 2.22. The summed E-state index contributed by atoms with van der Waals surface area (Å²) in [5.74, 6) is 0.138. The van der Waals surface area contributed by atoms with Crippen LogP contribution in [-0.4, -0.2) is 36.8 Å². The van der Waals surface area contributed by atoms with Crippen molar-refractivity contribution in [3.63, 3.8) is 0 Å². The van der Waals surface area contributed by atoms with Crippen molar-refractivity contribution in [2.75, 3.05) is 24.6 Å². The lowest BCUT2D eigenvalue weighted by atomic mass is 10.0. The molecule has 1 aromatic carbocycles. The Morgan fingerprint density at radius 1 is 1.50 bits per heavy atom. The van der Waals surface area contributed by atoms with E-state index in [2.05, 4.69) is 26.0 Å². The summed E-state index contributed by atoms with van der Waals surface area (Å²) in [6.45, 7) is 4.60. The maximum absolute atomic E-state index is 8.91. The van der Waals surface area contributed by atoms with E-state index in [4.69, 9.17) is 15.7 Å². The zero-order valence-corrected chi connectivity index (χ0v) is 13.1. The first kappa shape index (κ1) is 15.1. The van der Waals surface area contributed by atoms with Crippen molar-refractivity contribution in [3.05, 3.63) is 28.2 Å². The molecule has 0 unspecified atom stereocenters. The average molecular weight is 342 g/mol. The molecule has 0 atom stereocenters. The lowest BCUT2D eigenvalue weighted by Gasteiger charge is -2.34. The highest BCUT2D eigenvalue weighted by atomic mass is 79.9. The van der Waals surface area contributed by atoms with E-state index in [-0.39, 0.29) is 5.84 Å². The average Bonchev–Trinajstić information content (AvgIpc) is 2.47. The van der Waals surface area contributed by atoms with Gasteiger partial charge in [0.2, 0.25) is 0 Å². The number of amidine groups is 1. The summed E-state index contributed by atoms with van der Waals surface area (Å²) in [6.07, 6.45) is 2.34. The zero-order valence-electron chi connectivity index (χ0n) is 11.6. The SMILES string of the molecule is CCOC1CCN(c2cc(Br)ccc2/C(N)=N/O)CC1. The van der Waals surface area contributed by atoms with Gasteiger partial charge in [0.05, 0.1) is 6.10 Å². The fourth-order valence-electron chi connectivity index (χ4n) is 2.54. The minimum atomic E-state index is 0.138. The lowest BCUT2D eigenvalue weighted by Crippen LogP contribution is -2.38. The third kappa shape index (κ3) is 3.43. The van der Waals surface area contributed by atoms with Crippen LogP contribution in [0.5, 0.6) is 0 Å². The van der Waals surface area contributed by atoms with Gasteiger partial charge < -0.3 is 20.6 Å². The van der Waals surface area contributed by atoms with Crippen molar-refractivity contribution in [2.24, 2.45) is 10.9 Å². The first-order valence-corrected chi connectivity index (χ1v) is 7.59. The molecule has 3 N–H and O–H groups in total. The quantitative estimate of drug-likeness (QED) is 0.382. The molecular formula is C14H20BrN3O2. The van der Waals surface area contributed by atoms with Crippen LogP contribution in [0, 0.1) is 0 Å². The van der Waals surface area contributed by atoms with Crippen LogP contribution >= 0.6 is 15.9 Å². The van der Waals surface area contributed by atoms with Crippen LogP contribution in [-0.2, 0) is 4.74 Å². The first-order valence-electron chi connectivity index (χ1n) is 6.79. The van der Waals surface area contributed by atoms with Crippen molar-refractivity contribution in [3.8, 4) is 0 Å². The lowest BCUT2D eigenvalue weighted by molar-refractivity contribution is 0.0459. The zero-order chi connectivity index (χ0) is 14.5. The van der Waals surface area contributed by atoms with Gasteiger partial charge in [0.15, 0.2) is 5.84 Å². The van der Waals surface area contributed by atoms with E-state index in [9.17, 15) is 0 Å². The van der Waals surface area contributed by atoms with Crippen molar-refractivity contribution in [1.82, 2.24) is 0 Å². The molecular weight excluding hydrogens is 322 g/mol. The topological polar surface area (TPSA) is 71.1 Å². The van der Waals surface area contributed by atoms with E-state index in [1.807, 2.05) is 25.1 Å². The molecule has 6 heteroatoms. The van der Waals surface area contributed by atoms with Crippen LogP contribution in [0.1, 0.15) is 25.3 Å². The number of anilines is 1. The van der Waals surface area contributed by atoms with E-state index in [1.54, 1.807) is 0 Å². The summed E-state index contributed by atoms with van der Waals surface area (Å²) in [5, 5.41) is 12.0. The number of nitrogens with two attached hydrogens (primary N) is 1. The van der Waals surface area contributed by atoms with Gasteiger partial charge in [0, 0.05) is 35.4 Å². The molecule has 1 aliphatic heterocycles. The van der Waals surface area contributed by atoms with Crippen LogP contribution < -0.4 is 10.6 Å². The van der Waals surface area contributed by atoms with Crippen molar-refractivity contribution >= 4 is 27.5 Å². The Kier molecular flexibility index (Phi) is 5.25. The second-order valence-electron chi connectivity index (χ2n) is 4.79. The van der Waals surface area contributed by atoms with Crippen LogP contribution in [0.25, 0.3) is 0 Å². The van der Waals surface area contributed by atoms with Crippen molar-refractivity contribution < 1.29 is 9.94 Å². The van der Waals surface area contributed by atoms with Gasteiger partial charge in [-0.1, -0.05) is 21.1 Å². The van der Waals surface area contributed by atoms with Gasteiger partial charge in [-0.15, -0.1) is 0 Å². The second-order valence-corrected chi connectivity index (χ2v) is 5.70. The number of halogens is 1. The number of ether oxygens (including phenoxy) is 1. The summed E-state index contributed by atoms with van der Waals surface area (Å²) in [5.41, 5.74) is 7.51. The van der Waals surface area contributed by atoms with Gasteiger partial charge in [-0.3, -0.25) is 0 Å². The van der Waals surface area contributed by atoms with E-state index in [1.165, 1.54) is 0 Å². The predicted octanol–water partition coefficient (Wildman–Crippen LogP) is 2.55. The number of oxime groups is 1. The molecule has 1 heterocycles. The molecule has 1 fully saturated rings. The molecule has 5 nitrogen and oxygen atoms in total. The number of benzene rings is 1. The van der Waals surface area contributed by atoms with Gasteiger partial charge in [0.1, 0.15) is 0 Å². The summed E-state index contributed by atoms with van der Waals surface area (Å²) in [4.78, 5) is 2.26. The highest BCUT2D eigenvalue weighted by molar-refractivity contribution is 9.10. The van der Waals surface area contributed by atoms with Crippen LogP contribution in [0.3, 0.4) is 0 Å². The molecule has 0 amide bonds. The van der Waals surface area contributed by atoms with Crippen molar-refractivity contribution in [1.29, 1.82) is 0 Å². The number of nitrogens with zero attached hydrogens (tertiary/aromatic N) is 2. The Morgan fingerprint density at radius 3 is 2.80 bits per heavy atom. The Balaban J connectivity index is 2.18. The molecule has 0 bridgehead atoms. The summed E-state index contributed by atoms with van der Waals surface area (Å²) in [7, 11) is 0. The molecule has 110 valence electrons. The van der Waals surface area contributed by atoms with Gasteiger partial charge in [-0.25, -0.2) is 0 Å². The largest absolute Gasteiger partial charge is 0.409 e. The van der Waals surface area contributed by atoms with Crippen LogP contribution in [0.2, 0.25) is 0 Å². The minimum Gasteiger partial charge on any atom is -0.409 e. The smallest absolute Gasteiger partial charge is 0.172 e. The molecule has 0 radical (unpaired) electrons. The van der Waals surface area contributed by atoms with Gasteiger partial charge in [0.25, 0.3) is 0 Å².